The van der Waals surface area contributed by atoms with Crippen molar-refractivity contribution in [1.82, 2.24) is 5.43 Å². The first-order valence-corrected chi connectivity index (χ1v) is 7.43. The van der Waals surface area contributed by atoms with Crippen molar-refractivity contribution in [1.29, 1.82) is 0 Å². The zero-order chi connectivity index (χ0) is 15.4. The van der Waals surface area contributed by atoms with Gasteiger partial charge in [-0.2, -0.15) is 5.10 Å². The van der Waals surface area contributed by atoms with Gasteiger partial charge in [0.05, 0.1) is 6.21 Å². The minimum Gasteiger partial charge on any atom is -0.267 e. The molecule has 2 rings (SSSR count). The molecule has 0 saturated carbocycles. The number of amides is 1. The number of halogens is 1. The second kappa shape index (κ2) is 6.68. The maximum atomic E-state index is 11.9. The molecule has 4 heteroatoms. The number of benzene rings is 2. The summed E-state index contributed by atoms with van der Waals surface area (Å²) < 4.78 is 0.938. The molecule has 108 valence electrons. The summed E-state index contributed by atoms with van der Waals surface area (Å²) >= 11 is 3.34. The lowest BCUT2D eigenvalue weighted by Gasteiger charge is -2.06. The van der Waals surface area contributed by atoms with E-state index >= 15 is 0 Å². The second-order valence-corrected chi connectivity index (χ2v) is 5.93. The first-order chi connectivity index (χ1) is 9.97. The number of rotatable bonds is 3. The standard InChI is InChI=1S/C17H17BrN2O/c1-11-8-12(2)16(13(3)9-11)10-19-20-17(21)14-4-6-15(18)7-5-14/h4-10H,1-3H3,(H,20,21). The Morgan fingerprint density at radius 2 is 1.67 bits per heavy atom. The zero-order valence-corrected chi connectivity index (χ0v) is 13.9. The molecule has 0 unspecified atom stereocenters. The molecule has 0 saturated heterocycles. The van der Waals surface area contributed by atoms with Crippen LogP contribution in [0.2, 0.25) is 0 Å². The topological polar surface area (TPSA) is 41.5 Å². The van der Waals surface area contributed by atoms with Crippen molar-refractivity contribution >= 4 is 28.1 Å². The molecule has 0 aromatic heterocycles. The summed E-state index contributed by atoms with van der Waals surface area (Å²) in [7, 11) is 0. The van der Waals surface area contributed by atoms with Crippen LogP contribution in [0.15, 0.2) is 46.0 Å². The number of carbonyl (C=O) groups excluding carboxylic acids is 1. The molecule has 2 aromatic rings. The molecule has 0 heterocycles. The molecule has 0 fully saturated rings. The van der Waals surface area contributed by atoms with Crippen molar-refractivity contribution in [3.63, 3.8) is 0 Å². The van der Waals surface area contributed by atoms with E-state index in [4.69, 9.17) is 0 Å². The first-order valence-electron chi connectivity index (χ1n) is 6.64. The van der Waals surface area contributed by atoms with Gasteiger partial charge in [-0.05, 0) is 56.2 Å². The Labute approximate surface area is 133 Å². The van der Waals surface area contributed by atoms with Gasteiger partial charge in [0, 0.05) is 15.6 Å². The zero-order valence-electron chi connectivity index (χ0n) is 12.3. The van der Waals surface area contributed by atoms with Crippen molar-refractivity contribution < 1.29 is 4.79 Å². The SMILES string of the molecule is Cc1cc(C)c(C=NNC(=O)c2ccc(Br)cc2)c(C)c1. The van der Waals surface area contributed by atoms with Crippen LogP contribution in [-0.2, 0) is 0 Å². The predicted molar refractivity (Wildman–Crippen MR) is 89.9 cm³/mol. The van der Waals surface area contributed by atoms with Crippen LogP contribution in [0, 0.1) is 20.8 Å². The van der Waals surface area contributed by atoms with Gasteiger partial charge in [0.15, 0.2) is 0 Å². The number of nitrogens with zero attached hydrogens (tertiary/aromatic N) is 1. The van der Waals surface area contributed by atoms with E-state index in [1.165, 1.54) is 5.56 Å². The Morgan fingerprint density at radius 1 is 1.10 bits per heavy atom. The van der Waals surface area contributed by atoms with E-state index in [1.54, 1.807) is 18.3 Å². The molecule has 0 aliphatic heterocycles. The summed E-state index contributed by atoms with van der Waals surface area (Å²) in [5, 5.41) is 4.06. The highest BCUT2D eigenvalue weighted by atomic mass is 79.9. The molecule has 21 heavy (non-hydrogen) atoms. The van der Waals surface area contributed by atoms with Crippen LogP contribution in [0.4, 0.5) is 0 Å². The maximum Gasteiger partial charge on any atom is 0.271 e. The third kappa shape index (κ3) is 4.02. The molecule has 3 nitrogen and oxygen atoms in total. The van der Waals surface area contributed by atoms with Crippen molar-refractivity contribution in [2.75, 3.05) is 0 Å². The molecule has 1 N–H and O–H groups in total. The lowest BCUT2D eigenvalue weighted by atomic mass is 10.0. The molecule has 0 spiro atoms. The summed E-state index contributed by atoms with van der Waals surface area (Å²) in [6.07, 6.45) is 1.70. The molecular formula is C17H17BrN2O. The van der Waals surface area contributed by atoms with Gasteiger partial charge in [-0.3, -0.25) is 4.79 Å². The van der Waals surface area contributed by atoms with Gasteiger partial charge in [0.1, 0.15) is 0 Å². The molecular weight excluding hydrogens is 328 g/mol. The summed E-state index contributed by atoms with van der Waals surface area (Å²) in [5.74, 6) is -0.221. The Bertz CT molecular complexity index is 667. The van der Waals surface area contributed by atoms with Crippen molar-refractivity contribution in [2.45, 2.75) is 20.8 Å². The van der Waals surface area contributed by atoms with E-state index in [-0.39, 0.29) is 5.91 Å². The molecule has 0 aliphatic rings. The van der Waals surface area contributed by atoms with Crippen LogP contribution in [-0.4, -0.2) is 12.1 Å². The number of hydrazone groups is 1. The number of hydrogen-bond acceptors (Lipinski definition) is 2. The minimum absolute atomic E-state index is 0.221. The average molecular weight is 345 g/mol. The van der Waals surface area contributed by atoms with Gasteiger partial charge in [-0.15, -0.1) is 0 Å². The van der Waals surface area contributed by atoms with E-state index in [1.807, 2.05) is 26.0 Å². The highest BCUT2D eigenvalue weighted by molar-refractivity contribution is 9.10. The maximum absolute atomic E-state index is 11.9. The summed E-state index contributed by atoms with van der Waals surface area (Å²) in [6.45, 7) is 6.14. The second-order valence-electron chi connectivity index (χ2n) is 5.02. The van der Waals surface area contributed by atoms with Crippen LogP contribution >= 0.6 is 15.9 Å². The fraction of sp³-hybridized carbons (Fsp3) is 0.176. The Balaban J connectivity index is 2.09. The number of nitrogens with one attached hydrogen (secondary N) is 1. The van der Waals surface area contributed by atoms with Crippen LogP contribution < -0.4 is 5.43 Å². The predicted octanol–water partition coefficient (Wildman–Crippen LogP) is 4.14. The van der Waals surface area contributed by atoms with E-state index in [0.717, 1.165) is 21.2 Å². The fourth-order valence-electron chi connectivity index (χ4n) is 2.22. The molecule has 0 bridgehead atoms. The summed E-state index contributed by atoms with van der Waals surface area (Å²) in [6, 6.07) is 11.4. The van der Waals surface area contributed by atoms with Gasteiger partial charge in [-0.1, -0.05) is 33.6 Å². The van der Waals surface area contributed by atoms with E-state index < -0.39 is 0 Å². The van der Waals surface area contributed by atoms with Crippen LogP contribution in [0.25, 0.3) is 0 Å². The number of aryl methyl sites for hydroxylation is 3. The van der Waals surface area contributed by atoms with E-state index in [9.17, 15) is 4.79 Å². The van der Waals surface area contributed by atoms with Crippen LogP contribution in [0.1, 0.15) is 32.6 Å². The highest BCUT2D eigenvalue weighted by Crippen LogP contribution is 2.14. The van der Waals surface area contributed by atoms with Gasteiger partial charge in [0.2, 0.25) is 0 Å². The summed E-state index contributed by atoms with van der Waals surface area (Å²) in [4.78, 5) is 11.9. The lowest BCUT2D eigenvalue weighted by molar-refractivity contribution is 0.0955. The van der Waals surface area contributed by atoms with Gasteiger partial charge < -0.3 is 0 Å². The van der Waals surface area contributed by atoms with E-state index in [0.29, 0.717) is 5.56 Å². The molecule has 0 atom stereocenters. The van der Waals surface area contributed by atoms with Crippen molar-refractivity contribution in [3.8, 4) is 0 Å². The molecule has 0 radical (unpaired) electrons. The van der Waals surface area contributed by atoms with E-state index in [2.05, 4.69) is 45.5 Å². The molecule has 2 aromatic carbocycles. The third-order valence-corrected chi connectivity index (χ3v) is 3.73. The quantitative estimate of drug-likeness (QED) is 0.659. The minimum atomic E-state index is -0.221. The smallest absolute Gasteiger partial charge is 0.267 e. The van der Waals surface area contributed by atoms with Crippen molar-refractivity contribution in [3.05, 3.63) is 68.7 Å². The van der Waals surface area contributed by atoms with Gasteiger partial charge in [-0.25, -0.2) is 5.43 Å². The van der Waals surface area contributed by atoms with Crippen LogP contribution in [0.3, 0.4) is 0 Å². The van der Waals surface area contributed by atoms with Crippen LogP contribution in [0.5, 0.6) is 0 Å². The Hall–Kier alpha value is -1.94. The normalized spacial score (nSPS) is 10.9. The Morgan fingerprint density at radius 3 is 2.24 bits per heavy atom. The lowest BCUT2D eigenvalue weighted by Crippen LogP contribution is -2.17. The third-order valence-electron chi connectivity index (χ3n) is 3.20. The monoisotopic (exact) mass is 344 g/mol. The highest BCUT2D eigenvalue weighted by Gasteiger charge is 2.04. The van der Waals surface area contributed by atoms with Gasteiger partial charge in [0.25, 0.3) is 5.91 Å². The number of hydrogen-bond donors (Lipinski definition) is 1. The Kier molecular flexibility index (Phi) is 4.91. The number of carbonyl (C=O) groups is 1. The molecule has 1 amide bonds. The fourth-order valence-corrected chi connectivity index (χ4v) is 2.48. The van der Waals surface area contributed by atoms with Crippen molar-refractivity contribution in [2.24, 2.45) is 5.10 Å². The molecule has 0 aliphatic carbocycles. The summed E-state index contributed by atoms with van der Waals surface area (Å²) in [5.41, 5.74) is 7.68. The van der Waals surface area contributed by atoms with Gasteiger partial charge >= 0.3 is 0 Å². The average Bonchev–Trinajstić information content (AvgIpc) is 2.42. The first kappa shape index (κ1) is 15.4. The largest absolute Gasteiger partial charge is 0.271 e.